The summed E-state index contributed by atoms with van der Waals surface area (Å²) in [4.78, 5) is 15.6. The molecule has 0 saturated carbocycles. The largest absolute Gasteiger partial charge is 0.444 e. The molecule has 19 heavy (non-hydrogen) atoms. The zero-order valence-corrected chi connectivity index (χ0v) is 12.3. The molecule has 5 nitrogen and oxygen atoms in total. The summed E-state index contributed by atoms with van der Waals surface area (Å²) in [5.74, 6) is 0. The maximum Gasteiger partial charge on any atom is 0.407 e. The van der Waals surface area contributed by atoms with E-state index in [2.05, 4.69) is 15.6 Å². The minimum absolute atomic E-state index is 0.0936. The summed E-state index contributed by atoms with van der Waals surface area (Å²) in [6.07, 6.45) is 3.16. The van der Waals surface area contributed by atoms with Gasteiger partial charge in [0.2, 0.25) is 0 Å². The number of amides is 1. The standard InChI is InChI=1S/C14H23N3O2/c1-10-6-12(9-15-7-10)17-11(2)8-16-13(18)19-14(3,4)5/h6-7,9,11,17H,8H2,1-5H3,(H,16,18). The van der Waals surface area contributed by atoms with Gasteiger partial charge in [0.15, 0.2) is 0 Å². The van der Waals surface area contributed by atoms with Gasteiger partial charge >= 0.3 is 6.09 Å². The summed E-state index contributed by atoms with van der Waals surface area (Å²) in [7, 11) is 0. The molecule has 1 aromatic heterocycles. The molecule has 0 radical (unpaired) electrons. The van der Waals surface area contributed by atoms with Gasteiger partial charge < -0.3 is 15.4 Å². The van der Waals surface area contributed by atoms with Crippen LogP contribution in [-0.4, -0.2) is 29.3 Å². The number of hydrogen-bond acceptors (Lipinski definition) is 4. The fourth-order valence-electron chi connectivity index (χ4n) is 1.52. The van der Waals surface area contributed by atoms with Crippen molar-refractivity contribution in [2.24, 2.45) is 0 Å². The molecule has 2 N–H and O–H groups in total. The number of ether oxygens (including phenoxy) is 1. The molecule has 0 aliphatic carbocycles. The van der Waals surface area contributed by atoms with Gasteiger partial charge in [-0.25, -0.2) is 4.79 Å². The highest BCUT2D eigenvalue weighted by Gasteiger charge is 2.16. The smallest absolute Gasteiger partial charge is 0.407 e. The van der Waals surface area contributed by atoms with Crippen molar-refractivity contribution >= 4 is 11.8 Å². The lowest BCUT2D eigenvalue weighted by molar-refractivity contribution is 0.0526. The lowest BCUT2D eigenvalue weighted by Gasteiger charge is -2.21. The molecule has 1 aromatic rings. The van der Waals surface area contributed by atoms with Crippen LogP contribution in [0.3, 0.4) is 0 Å². The van der Waals surface area contributed by atoms with Crippen LogP contribution in [0.2, 0.25) is 0 Å². The zero-order valence-electron chi connectivity index (χ0n) is 12.3. The van der Waals surface area contributed by atoms with Crippen LogP contribution in [0, 0.1) is 6.92 Å². The Balaban J connectivity index is 2.36. The Hall–Kier alpha value is -1.78. The number of pyridine rings is 1. The van der Waals surface area contributed by atoms with E-state index in [4.69, 9.17) is 4.74 Å². The molecule has 5 heteroatoms. The van der Waals surface area contributed by atoms with Crippen LogP contribution >= 0.6 is 0 Å². The number of alkyl carbamates (subject to hydrolysis) is 1. The van der Waals surface area contributed by atoms with Crippen LogP contribution < -0.4 is 10.6 Å². The average Bonchev–Trinajstić information content (AvgIpc) is 2.24. The van der Waals surface area contributed by atoms with Crippen LogP contribution in [-0.2, 0) is 4.74 Å². The normalized spacial score (nSPS) is 12.7. The fraction of sp³-hybridized carbons (Fsp3) is 0.571. The van der Waals surface area contributed by atoms with Crippen LogP contribution in [0.5, 0.6) is 0 Å². The number of aryl methyl sites for hydroxylation is 1. The highest BCUT2D eigenvalue weighted by molar-refractivity contribution is 5.67. The maximum absolute atomic E-state index is 11.5. The van der Waals surface area contributed by atoms with Gasteiger partial charge in [-0.1, -0.05) is 0 Å². The second kappa shape index (κ2) is 6.41. The first kappa shape index (κ1) is 15.3. The number of nitrogens with zero attached hydrogens (tertiary/aromatic N) is 1. The Morgan fingerprint density at radius 1 is 1.42 bits per heavy atom. The number of carbonyl (C=O) groups is 1. The van der Waals surface area contributed by atoms with Gasteiger partial charge in [0.1, 0.15) is 5.60 Å². The van der Waals surface area contributed by atoms with E-state index in [0.717, 1.165) is 11.3 Å². The molecule has 0 aliphatic rings. The Kier molecular flexibility index (Phi) is 5.15. The lowest BCUT2D eigenvalue weighted by atomic mass is 10.2. The second-order valence-corrected chi connectivity index (χ2v) is 5.68. The van der Waals surface area contributed by atoms with E-state index in [9.17, 15) is 4.79 Å². The maximum atomic E-state index is 11.5. The van der Waals surface area contributed by atoms with Gasteiger partial charge in [0, 0.05) is 25.0 Å². The number of aromatic nitrogens is 1. The Morgan fingerprint density at radius 3 is 2.68 bits per heavy atom. The monoisotopic (exact) mass is 265 g/mol. The van der Waals surface area contributed by atoms with Crippen molar-refractivity contribution in [1.29, 1.82) is 0 Å². The number of anilines is 1. The van der Waals surface area contributed by atoms with Gasteiger partial charge in [0.05, 0.1) is 5.69 Å². The molecular formula is C14H23N3O2. The lowest BCUT2D eigenvalue weighted by Crippen LogP contribution is -2.38. The van der Waals surface area contributed by atoms with Crippen LogP contribution in [0.4, 0.5) is 10.5 Å². The SMILES string of the molecule is Cc1cncc(NC(C)CNC(=O)OC(C)(C)C)c1. The number of nitrogens with one attached hydrogen (secondary N) is 2. The summed E-state index contributed by atoms with van der Waals surface area (Å²) in [5, 5.41) is 6.00. The quantitative estimate of drug-likeness (QED) is 0.878. The molecule has 0 saturated heterocycles. The summed E-state index contributed by atoms with van der Waals surface area (Å²) < 4.78 is 5.17. The Labute approximate surface area is 114 Å². The van der Waals surface area contributed by atoms with Crippen molar-refractivity contribution in [3.63, 3.8) is 0 Å². The summed E-state index contributed by atoms with van der Waals surface area (Å²) in [6.45, 7) is 9.98. The minimum atomic E-state index is -0.471. The molecular weight excluding hydrogens is 242 g/mol. The van der Waals surface area contributed by atoms with E-state index < -0.39 is 11.7 Å². The van der Waals surface area contributed by atoms with Crippen LogP contribution in [0.25, 0.3) is 0 Å². The number of carbonyl (C=O) groups excluding carboxylic acids is 1. The Morgan fingerprint density at radius 2 is 2.11 bits per heavy atom. The summed E-state index contributed by atoms with van der Waals surface area (Å²) in [5.41, 5.74) is 1.57. The molecule has 0 bridgehead atoms. The predicted octanol–water partition coefficient (Wildman–Crippen LogP) is 2.72. The third-order valence-electron chi connectivity index (χ3n) is 2.24. The number of rotatable bonds is 4. The minimum Gasteiger partial charge on any atom is -0.444 e. The molecule has 106 valence electrons. The molecule has 1 amide bonds. The van der Waals surface area contributed by atoms with Gasteiger partial charge in [-0.2, -0.15) is 0 Å². The van der Waals surface area contributed by atoms with Gasteiger partial charge in [-0.15, -0.1) is 0 Å². The molecule has 1 rings (SSSR count). The molecule has 0 aliphatic heterocycles. The zero-order chi connectivity index (χ0) is 14.5. The van der Waals surface area contributed by atoms with Crippen molar-refractivity contribution in [2.75, 3.05) is 11.9 Å². The van der Waals surface area contributed by atoms with Crippen molar-refractivity contribution in [2.45, 2.75) is 46.3 Å². The van der Waals surface area contributed by atoms with E-state index >= 15 is 0 Å². The van der Waals surface area contributed by atoms with E-state index in [1.54, 1.807) is 12.4 Å². The molecule has 1 heterocycles. The van der Waals surface area contributed by atoms with Crippen LogP contribution in [0.15, 0.2) is 18.5 Å². The molecule has 1 unspecified atom stereocenters. The third kappa shape index (κ3) is 6.64. The molecule has 0 fully saturated rings. The Bertz CT molecular complexity index is 427. The summed E-state index contributed by atoms with van der Waals surface area (Å²) >= 11 is 0. The highest BCUT2D eigenvalue weighted by atomic mass is 16.6. The molecule has 0 spiro atoms. The van der Waals surface area contributed by atoms with Crippen molar-refractivity contribution < 1.29 is 9.53 Å². The highest BCUT2D eigenvalue weighted by Crippen LogP contribution is 2.09. The van der Waals surface area contributed by atoms with E-state index in [1.165, 1.54) is 0 Å². The van der Waals surface area contributed by atoms with E-state index in [1.807, 2.05) is 40.7 Å². The third-order valence-corrected chi connectivity index (χ3v) is 2.24. The number of hydrogen-bond donors (Lipinski definition) is 2. The fourth-order valence-corrected chi connectivity index (χ4v) is 1.52. The summed E-state index contributed by atoms with van der Waals surface area (Å²) in [6, 6.07) is 2.10. The average molecular weight is 265 g/mol. The van der Waals surface area contributed by atoms with Gasteiger partial charge in [-0.05, 0) is 46.2 Å². The molecule has 1 atom stereocenters. The van der Waals surface area contributed by atoms with Crippen molar-refractivity contribution in [3.8, 4) is 0 Å². The predicted molar refractivity (Wildman–Crippen MR) is 76.3 cm³/mol. The molecule has 0 aromatic carbocycles. The van der Waals surface area contributed by atoms with Gasteiger partial charge in [-0.3, -0.25) is 4.98 Å². The van der Waals surface area contributed by atoms with Crippen molar-refractivity contribution in [1.82, 2.24) is 10.3 Å². The van der Waals surface area contributed by atoms with E-state index in [-0.39, 0.29) is 6.04 Å². The first-order valence-electron chi connectivity index (χ1n) is 6.41. The first-order valence-corrected chi connectivity index (χ1v) is 6.41. The topological polar surface area (TPSA) is 63.2 Å². The van der Waals surface area contributed by atoms with Gasteiger partial charge in [0.25, 0.3) is 0 Å². The first-order chi connectivity index (χ1) is 8.76. The van der Waals surface area contributed by atoms with Crippen molar-refractivity contribution in [3.05, 3.63) is 24.0 Å². The second-order valence-electron chi connectivity index (χ2n) is 5.68. The van der Waals surface area contributed by atoms with E-state index in [0.29, 0.717) is 6.54 Å². The van der Waals surface area contributed by atoms with Crippen LogP contribution in [0.1, 0.15) is 33.3 Å².